The lowest BCUT2D eigenvalue weighted by Crippen LogP contribution is -2.29. The van der Waals surface area contributed by atoms with E-state index in [-0.39, 0.29) is 6.10 Å². The standard InChI is InChI=1S/C25H27NO/c1-3-6-15(2)26-12-11-18-22(26)10-9-19-23(18)25-21-14-17-8-5-4-7-16(17)13-20(21)24(19)27-25/h4-5,7-12,15,20-21,24-25H,3,6,13-14H2,1-2H3. The molecule has 1 saturated heterocycles. The van der Waals surface area contributed by atoms with Crippen molar-refractivity contribution in [2.24, 2.45) is 11.8 Å². The predicted octanol–water partition coefficient (Wildman–Crippen LogP) is 6.16. The van der Waals surface area contributed by atoms with E-state index in [0.29, 0.717) is 24.0 Å². The molecule has 6 rings (SSSR count). The van der Waals surface area contributed by atoms with Crippen molar-refractivity contribution >= 4 is 10.9 Å². The molecule has 2 heteroatoms. The van der Waals surface area contributed by atoms with Crippen molar-refractivity contribution < 1.29 is 4.74 Å². The summed E-state index contributed by atoms with van der Waals surface area (Å²) in [6, 6.07) is 16.6. The van der Waals surface area contributed by atoms with Crippen LogP contribution < -0.4 is 0 Å². The smallest absolute Gasteiger partial charge is 0.0878 e. The molecule has 0 amide bonds. The Morgan fingerprint density at radius 1 is 1.00 bits per heavy atom. The summed E-state index contributed by atoms with van der Waals surface area (Å²) in [5.74, 6) is 1.29. The third-order valence-electron chi connectivity index (χ3n) is 7.40. The van der Waals surface area contributed by atoms with Gasteiger partial charge in [0.2, 0.25) is 0 Å². The van der Waals surface area contributed by atoms with Crippen LogP contribution in [0.25, 0.3) is 10.9 Å². The molecule has 27 heavy (non-hydrogen) atoms. The van der Waals surface area contributed by atoms with E-state index in [1.54, 1.807) is 0 Å². The lowest BCUT2D eigenvalue weighted by Gasteiger charge is -2.35. The van der Waals surface area contributed by atoms with E-state index in [1.807, 2.05) is 0 Å². The molecular weight excluding hydrogens is 330 g/mol. The minimum Gasteiger partial charge on any atom is -0.365 e. The van der Waals surface area contributed by atoms with Crippen molar-refractivity contribution in [3.8, 4) is 0 Å². The number of fused-ring (bicyclic) bond motifs is 11. The zero-order valence-corrected chi connectivity index (χ0v) is 16.2. The second-order valence-electron chi connectivity index (χ2n) is 8.84. The molecule has 1 aromatic heterocycles. The van der Waals surface area contributed by atoms with Crippen LogP contribution in [0.15, 0.2) is 48.7 Å². The van der Waals surface area contributed by atoms with Gasteiger partial charge in [-0.1, -0.05) is 43.7 Å². The molecule has 2 bridgehead atoms. The van der Waals surface area contributed by atoms with Gasteiger partial charge in [-0.05, 0) is 72.4 Å². The van der Waals surface area contributed by atoms with Crippen molar-refractivity contribution in [3.63, 3.8) is 0 Å². The highest BCUT2D eigenvalue weighted by molar-refractivity contribution is 5.86. The summed E-state index contributed by atoms with van der Waals surface area (Å²) < 4.78 is 9.11. The first-order valence-electron chi connectivity index (χ1n) is 10.6. The van der Waals surface area contributed by atoms with Crippen LogP contribution in [0.2, 0.25) is 0 Å². The normalized spacial score (nSPS) is 28.8. The summed E-state index contributed by atoms with van der Waals surface area (Å²) in [7, 11) is 0. The van der Waals surface area contributed by atoms with Crippen molar-refractivity contribution in [1.82, 2.24) is 4.57 Å². The van der Waals surface area contributed by atoms with Crippen LogP contribution in [-0.2, 0) is 17.6 Å². The first-order chi connectivity index (χ1) is 13.3. The molecule has 2 aliphatic heterocycles. The number of hydrogen-bond donors (Lipinski definition) is 0. The SMILES string of the molecule is CCCC(C)n1ccc2c3c(ccc21)C1OC3C2Cc3ccccc3CC12. The van der Waals surface area contributed by atoms with Gasteiger partial charge in [-0.3, -0.25) is 0 Å². The molecule has 5 unspecified atom stereocenters. The molecule has 3 aliphatic rings. The van der Waals surface area contributed by atoms with Gasteiger partial charge in [0.05, 0.1) is 12.2 Å². The predicted molar refractivity (Wildman–Crippen MR) is 109 cm³/mol. The largest absolute Gasteiger partial charge is 0.365 e. The lowest BCUT2D eigenvalue weighted by atomic mass is 9.67. The van der Waals surface area contributed by atoms with Crippen molar-refractivity contribution in [3.05, 3.63) is 70.9 Å². The number of aromatic nitrogens is 1. The second kappa shape index (κ2) is 5.72. The Morgan fingerprint density at radius 2 is 1.74 bits per heavy atom. The number of ether oxygens (including phenoxy) is 1. The Morgan fingerprint density at radius 3 is 2.48 bits per heavy atom. The van der Waals surface area contributed by atoms with E-state index < -0.39 is 0 Å². The van der Waals surface area contributed by atoms with E-state index in [2.05, 4.69) is 67.1 Å². The lowest BCUT2D eigenvalue weighted by molar-refractivity contribution is 0.0550. The minimum atomic E-state index is 0.282. The highest BCUT2D eigenvalue weighted by atomic mass is 16.5. The first-order valence-corrected chi connectivity index (χ1v) is 10.6. The van der Waals surface area contributed by atoms with E-state index in [9.17, 15) is 0 Å². The van der Waals surface area contributed by atoms with Gasteiger partial charge >= 0.3 is 0 Å². The third-order valence-corrected chi connectivity index (χ3v) is 7.40. The first kappa shape index (κ1) is 15.9. The fourth-order valence-corrected chi connectivity index (χ4v) is 6.16. The minimum absolute atomic E-state index is 0.282. The van der Waals surface area contributed by atoms with E-state index in [4.69, 9.17) is 4.74 Å². The zero-order valence-electron chi connectivity index (χ0n) is 16.2. The molecule has 3 aromatic rings. The van der Waals surface area contributed by atoms with Crippen molar-refractivity contribution in [2.75, 3.05) is 0 Å². The Bertz CT molecular complexity index is 1030. The van der Waals surface area contributed by atoms with E-state index >= 15 is 0 Å². The van der Waals surface area contributed by atoms with Crippen molar-refractivity contribution in [2.45, 2.75) is 57.8 Å². The maximum absolute atomic E-state index is 6.64. The maximum atomic E-state index is 6.64. The Kier molecular flexibility index (Phi) is 3.38. The molecule has 0 saturated carbocycles. The van der Waals surface area contributed by atoms with Gasteiger partial charge in [-0.15, -0.1) is 0 Å². The number of nitrogens with zero attached hydrogens (tertiary/aromatic N) is 1. The molecule has 1 fully saturated rings. The molecular formula is C25H27NO. The van der Waals surface area contributed by atoms with Crippen LogP contribution in [0.4, 0.5) is 0 Å². The highest BCUT2D eigenvalue weighted by Crippen LogP contribution is 2.61. The fraction of sp³-hybridized carbons (Fsp3) is 0.440. The van der Waals surface area contributed by atoms with Crippen LogP contribution in [0.1, 0.15) is 67.2 Å². The molecule has 3 heterocycles. The molecule has 0 spiro atoms. The van der Waals surface area contributed by atoms with E-state index in [1.165, 1.54) is 58.8 Å². The number of rotatable bonds is 3. The number of benzene rings is 2. The van der Waals surface area contributed by atoms with Crippen molar-refractivity contribution in [1.29, 1.82) is 0 Å². The quantitative estimate of drug-likeness (QED) is 0.547. The van der Waals surface area contributed by atoms with Gasteiger partial charge in [0.25, 0.3) is 0 Å². The molecule has 2 aromatic carbocycles. The Balaban J connectivity index is 1.44. The molecule has 5 atom stereocenters. The average molecular weight is 357 g/mol. The van der Waals surface area contributed by atoms with Crippen LogP contribution in [0, 0.1) is 11.8 Å². The second-order valence-corrected chi connectivity index (χ2v) is 8.84. The Hall–Kier alpha value is -2.06. The van der Waals surface area contributed by atoms with E-state index in [0.717, 1.165) is 0 Å². The summed E-state index contributed by atoms with van der Waals surface area (Å²) in [6.07, 6.45) is 7.67. The fourth-order valence-electron chi connectivity index (χ4n) is 6.16. The average Bonchev–Trinajstić information content (AvgIpc) is 3.37. The third kappa shape index (κ3) is 2.11. The highest BCUT2D eigenvalue weighted by Gasteiger charge is 2.54. The Labute approximate surface area is 161 Å². The molecule has 0 N–H and O–H groups in total. The molecule has 0 radical (unpaired) electrons. The van der Waals surface area contributed by atoms with Crippen LogP contribution in [0.3, 0.4) is 0 Å². The monoisotopic (exact) mass is 357 g/mol. The maximum Gasteiger partial charge on any atom is 0.0878 e. The van der Waals surface area contributed by atoms with Gasteiger partial charge in [0, 0.05) is 23.1 Å². The summed E-state index contributed by atoms with van der Waals surface area (Å²) in [4.78, 5) is 0. The van der Waals surface area contributed by atoms with Crippen LogP contribution >= 0.6 is 0 Å². The summed E-state index contributed by atoms with van der Waals surface area (Å²) in [6.45, 7) is 4.61. The summed E-state index contributed by atoms with van der Waals surface area (Å²) in [5, 5.41) is 1.43. The van der Waals surface area contributed by atoms with Gasteiger partial charge < -0.3 is 9.30 Å². The molecule has 138 valence electrons. The van der Waals surface area contributed by atoms with Gasteiger partial charge in [0.15, 0.2) is 0 Å². The summed E-state index contributed by atoms with van der Waals surface area (Å²) in [5.41, 5.74) is 7.43. The van der Waals surface area contributed by atoms with Crippen LogP contribution in [-0.4, -0.2) is 4.57 Å². The molecule has 2 nitrogen and oxygen atoms in total. The zero-order chi connectivity index (χ0) is 18.1. The van der Waals surface area contributed by atoms with Crippen LogP contribution in [0.5, 0.6) is 0 Å². The topological polar surface area (TPSA) is 14.2 Å². The molecule has 1 aliphatic carbocycles. The van der Waals surface area contributed by atoms with Gasteiger partial charge in [-0.2, -0.15) is 0 Å². The van der Waals surface area contributed by atoms with Gasteiger partial charge in [-0.25, -0.2) is 0 Å². The summed E-state index contributed by atoms with van der Waals surface area (Å²) >= 11 is 0. The van der Waals surface area contributed by atoms with Gasteiger partial charge in [0.1, 0.15) is 0 Å². The number of hydrogen-bond acceptors (Lipinski definition) is 1.